The van der Waals surface area contributed by atoms with Crippen LogP contribution in [0, 0.1) is 21.4 Å². The van der Waals surface area contributed by atoms with Gasteiger partial charge in [0.25, 0.3) is 5.69 Å². The van der Waals surface area contributed by atoms with Gasteiger partial charge in [-0.2, -0.15) is 5.26 Å². The highest BCUT2D eigenvalue weighted by atomic mass is 16.6. The van der Waals surface area contributed by atoms with E-state index in [1.54, 1.807) is 12.1 Å². The van der Waals surface area contributed by atoms with Crippen LogP contribution in [-0.4, -0.2) is 42.5 Å². The molecule has 0 spiro atoms. The van der Waals surface area contributed by atoms with Crippen molar-refractivity contribution in [3.63, 3.8) is 0 Å². The maximum absolute atomic E-state index is 11.1. The lowest BCUT2D eigenvalue weighted by atomic mass is 10.1. The summed E-state index contributed by atoms with van der Waals surface area (Å²) in [4.78, 5) is 15.0. The topological polar surface area (TPSA) is 73.4 Å². The maximum atomic E-state index is 11.1. The van der Waals surface area contributed by atoms with Gasteiger partial charge in [-0.1, -0.05) is 6.92 Å². The average Bonchev–Trinajstić information content (AvgIpc) is 2.46. The smallest absolute Gasteiger partial charge is 0.293 e. The van der Waals surface area contributed by atoms with Crippen molar-refractivity contribution in [2.24, 2.45) is 0 Å². The lowest BCUT2D eigenvalue weighted by Gasteiger charge is -2.35. The van der Waals surface area contributed by atoms with Crippen LogP contribution < -0.4 is 4.90 Å². The molecule has 0 saturated carbocycles. The number of nitro benzene ring substituents is 1. The normalized spacial score (nSPS) is 16.1. The summed E-state index contributed by atoms with van der Waals surface area (Å²) in [5.74, 6) is 0. The summed E-state index contributed by atoms with van der Waals surface area (Å²) in [6.07, 6.45) is 0. The van der Waals surface area contributed by atoms with Gasteiger partial charge < -0.3 is 9.80 Å². The first kappa shape index (κ1) is 13.3. The van der Waals surface area contributed by atoms with E-state index in [0.717, 1.165) is 32.7 Å². The number of nitro groups is 1. The number of nitriles is 1. The Kier molecular flexibility index (Phi) is 3.97. The van der Waals surface area contributed by atoms with Crippen LogP contribution in [0.1, 0.15) is 12.5 Å². The van der Waals surface area contributed by atoms with Gasteiger partial charge in [0.15, 0.2) is 0 Å². The minimum absolute atomic E-state index is 0.0176. The molecule has 19 heavy (non-hydrogen) atoms. The van der Waals surface area contributed by atoms with Crippen LogP contribution >= 0.6 is 0 Å². The standard InChI is InChI=1S/C13H16N4O2/c1-2-15-5-7-16(8-6-15)12-4-3-11(10-14)9-13(12)17(18)19/h3-4,9H,2,5-8H2,1H3. The molecular formula is C13H16N4O2. The van der Waals surface area contributed by atoms with Crippen LogP contribution in [0.3, 0.4) is 0 Å². The highest BCUT2D eigenvalue weighted by molar-refractivity contribution is 5.65. The van der Waals surface area contributed by atoms with Gasteiger partial charge in [-0.25, -0.2) is 0 Å². The van der Waals surface area contributed by atoms with Crippen LogP contribution in [0.4, 0.5) is 11.4 Å². The second-order valence-corrected chi connectivity index (χ2v) is 4.49. The molecule has 0 N–H and O–H groups in total. The molecule has 2 rings (SSSR count). The van der Waals surface area contributed by atoms with E-state index in [2.05, 4.69) is 11.8 Å². The van der Waals surface area contributed by atoms with Gasteiger partial charge in [0, 0.05) is 32.2 Å². The number of likely N-dealkylation sites (N-methyl/N-ethyl adjacent to an activating group) is 1. The van der Waals surface area contributed by atoms with Crippen LogP contribution in [0.2, 0.25) is 0 Å². The zero-order valence-corrected chi connectivity index (χ0v) is 10.9. The Morgan fingerprint density at radius 1 is 1.37 bits per heavy atom. The molecule has 1 fully saturated rings. The molecule has 1 heterocycles. The maximum Gasteiger partial charge on any atom is 0.293 e. The quantitative estimate of drug-likeness (QED) is 0.609. The summed E-state index contributed by atoms with van der Waals surface area (Å²) in [5, 5.41) is 19.9. The molecule has 0 atom stereocenters. The molecule has 100 valence electrons. The highest BCUT2D eigenvalue weighted by Crippen LogP contribution is 2.29. The van der Waals surface area contributed by atoms with Gasteiger partial charge >= 0.3 is 0 Å². The lowest BCUT2D eigenvalue weighted by molar-refractivity contribution is -0.384. The molecule has 1 aliphatic rings. The van der Waals surface area contributed by atoms with E-state index >= 15 is 0 Å². The Hall–Kier alpha value is -2.13. The molecule has 1 saturated heterocycles. The van der Waals surface area contributed by atoms with E-state index in [4.69, 9.17) is 5.26 Å². The molecule has 0 unspecified atom stereocenters. The molecule has 0 radical (unpaired) electrons. The first-order valence-corrected chi connectivity index (χ1v) is 6.31. The third-order valence-electron chi connectivity index (χ3n) is 3.46. The number of nitrogens with zero attached hydrogens (tertiary/aromatic N) is 4. The zero-order valence-electron chi connectivity index (χ0n) is 10.9. The third kappa shape index (κ3) is 2.83. The minimum Gasteiger partial charge on any atom is -0.363 e. The summed E-state index contributed by atoms with van der Waals surface area (Å²) < 4.78 is 0. The van der Waals surface area contributed by atoms with E-state index in [9.17, 15) is 10.1 Å². The van der Waals surface area contributed by atoms with Crippen molar-refractivity contribution in [2.45, 2.75) is 6.92 Å². The summed E-state index contributed by atoms with van der Waals surface area (Å²) in [6, 6.07) is 6.60. The van der Waals surface area contributed by atoms with E-state index < -0.39 is 4.92 Å². The SMILES string of the molecule is CCN1CCN(c2ccc(C#N)cc2[N+](=O)[O-])CC1. The number of anilines is 1. The minimum atomic E-state index is -0.414. The number of hydrogen-bond acceptors (Lipinski definition) is 5. The fourth-order valence-corrected chi connectivity index (χ4v) is 2.31. The van der Waals surface area contributed by atoms with Gasteiger partial charge in [-0.15, -0.1) is 0 Å². The molecule has 0 amide bonds. The van der Waals surface area contributed by atoms with Gasteiger partial charge in [0.1, 0.15) is 5.69 Å². The second kappa shape index (κ2) is 5.67. The van der Waals surface area contributed by atoms with Gasteiger partial charge in [0.05, 0.1) is 16.6 Å². The fourth-order valence-electron chi connectivity index (χ4n) is 2.31. The van der Waals surface area contributed by atoms with E-state index in [1.165, 1.54) is 6.07 Å². The van der Waals surface area contributed by atoms with Crippen molar-refractivity contribution >= 4 is 11.4 Å². The number of piperazine rings is 1. The van der Waals surface area contributed by atoms with Crippen molar-refractivity contribution in [2.75, 3.05) is 37.6 Å². The molecule has 0 bridgehead atoms. The number of rotatable bonds is 3. The van der Waals surface area contributed by atoms with E-state index in [-0.39, 0.29) is 5.69 Å². The van der Waals surface area contributed by atoms with Crippen molar-refractivity contribution < 1.29 is 4.92 Å². The lowest BCUT2D eigenvalue weighted by Crippen LogP contribution is -2.46. The van der Waals surface area contributed by atoms with Gasteiger partial charge in [0.2, 0.25) is 0 Å². The van der Waals surface area contributed by atoms with Crippen LogP contribution in [0.5, 0.6) is 0 Å². The predicted octanol–water partition coefficient (Wildman–Crippen LogP) is 1.61. The Morgan fingerprint density at radius 3 is 2.58 bits per heavy atom. The number of benzene rings is 1. The van der Waals surface area contributed by atoms with Crippen LogP contribution in [-0.2, 0) is 0 Å². The molecule has 1 aromatic rings. The van der Waals surface area contributed by atoms with E-state index in [1.807, 2.05) is 11.0 Å². The summed E-state index contributed by atoms with van der Waals surface area (Å²) >= 11 is 0. The average molecular weight is 260 g/mol. The Bertz CT molecular complexity index is 516. The Labute approximate surface area is 112 Å². The Morgan fingerprint density at radius 2 is 2.05 bits per heavy atom. The van der Waals surface area contributed by atoms with E-state index in [0.29, 0.717) is 11.3 Å². The molecule has 1 aliphatic heterocycles. The zero-order chi connectivity index (χ0) is 13.8. The van der Waals surface area contributed by atoms with Crippen LogP contribution in [0.25, 0.3) is 0 Å². The summed E-state index contributed by atoms with van der Waals surface area (Å²) in [5.41, 5.74) is 0.950. The van der Waals surface area contributed by atoms with Crippen molar-refractivity contribution in [1.29, 1.82) is 5.26 Å². The Balaban J connectivity index is 2.25. The molecular weight excluding hydrogens is 244 g/mol. The first-order chi connectivity index (χ1) is 9.15. The third-order valence-corrected chi connectivity index (χ3v) is 3.46. The van der Waals surface area contributed by atoms with Crippen molar-refractivity contribution in [1.82, 2.24) is 4.90 Å². The molecule has 6 heteroatoms. The second-order valence-electron chi connectivity index (χ2n) is 4.49. The molecule has 1 aromatic carbocycles. The summed E-state index contributed by atoms with van der Waals surface area (Å²) in [6.45, 7) is 6.49. The molecule has 0 aromatic heterocycles. The molecule has 6 nitrogen and oxygen atoms in total. The number of hydrogen-bond donors (Lipinski definition) is 0. The summed E-state index contributed by atoms with van der Waals surface area (Å²) in [7, 11) is 0. The van der Waals surface area contributed by atoms with Crippen molar-refractivity contribution in [3.05, 3.63) is 33.9 Å². The highest BCUT2D eigenvalue weighted by Gasteiger charge is 2.23. The largest absolute Gasteiger partial charge is 0.363 e. The van der Waals surface area contributed by atoms with Crippen LogP contribution in [0.15, 0.2) is 18.2 Å². The predicted molar refractivity (Wildman–Crippen MR) is 72.1 cm³/mol. The molecule has 0 aliphatic carbocycles. The first-order valence-electron chi connectivity index (χ1n) is 6.31. The van der Waals surface area contributed by atoms with Gasteiger partial charge in [-0.3, -0.25) is 10.1 Å². The monoisotopic (exact) mass is 260 g/mol. The fraction of sp³-hybridized carbons (Fsp3) is 0.462. The van der Waals surface area contributed by atoms with Gasteiger partial charge in [-0.05, 0) is 18.7 Å². The van der Waals surface area contributed by atoms with Crippen molar-refractivity contribution in [3.8, 4) is 6.07 Å².